The van der Waals surface area contributed by atoms with E-state index in [1.165, 1.54) is 0 Å². The molecule has 138 valence electrons. The highest BCUT2D eigenvalue weighted by atomic mass is 16.4. The van der Waals surface area contributed by atoms with Crippen molar-refractivity contribution in [3.05, 3.63) is 0 Å². The zero-order valence-electron chi connectivity index (χ0n) is 13.9. The van der Waals surface area contributed by atoms with E-state index < -0.39 is 42.4 Å². The van der Waals surface area contributed by atoms with Crippen molar-refractivity contribution >= 4 is 23.8 Å². The van der Waals surface area contributed by atoms with E-state index in [2.05, 4.69) is 0 Å². The van der Waals surface area contributed by atoms with Crippen LogP contribution in [-0.2, 0) is 19.2 Å². The molecule has 0 radical (unpaired) electrons. The summed E-state index contributed by atoms with van der Waals surface area (Å²) in [5, 5.41) is 17.7. The number of carbonyl (C=O) groups is 4. The molecular formula is C15H27N3O6. The molecule has 9 heteroatoms. The SMILES string of the molecule is CCCCCCC(C(N)=O)N(CC(=O)O)C(=O)CC[C@H](N)C(=O)O. The average Bonchev–Trinajstić information content (AvgIpc) is 2.49. The number of carboxylic acids is 2. The fraction of sp³-hybridized carbons (Fsp3) is 0.733. The zero-order chi connectivity index (χ0) is 18.7. The first kappa shape index (κ1) is 21.8. The summed E-state index contributed by atoms with van der Waals surface area (Å²) in [5.74, 6) is -3.94. The molecule has 0 aliphatic heterocycles. The van der Waals surface area contributed by atoms with Gasteiger partial charge in [-0.2, -0.15) is 0 Å². The van der Waals surface area contributed by atoms with E-state index in [4.69, 9.17) is 21.7 Å². The summed E-state index contributed by atoms with van der Waals surface area (Å²) in [6, 6.07) is -2.25. The van der Waals surface area contributed by atoms with Crippen molar-refractivity contribution < 1.29 is 29.4 Å². The van der Waals surface area contributed by atoms with Gasteiger partial charge in [-0.25, -0.2) is 0 Å². The molecule has 1 unspecified atom stereocenters. The van der Waals surface area contributed by atoms with Gasteiger partial charge in [-0.3, -0.25) is 19.2 Å². The molecule has 0 heterocycles. The van der Waals surface area contributed by atoms with Crippen molar-refractivity contribution in [2.24, 2.45) is 11.5 Å². The molecule has 6 N–H and O–H groups in total. The first-order chi connectivity index (χ1) is 11.2. The number of rotatable bonds is 13. The number of carboxylic acid groups (broad SMARTS) is 2. The number of carbonyl (C=O) groups excluding carboxylic acids is 2. The van der Waals surface area contributed by atoms with Gasteiger partial charge < -0.3 is 26.6 Å². The normalized spacial score (nSPS) is 13.1. The molecule has 24 heavy (non-hydrogen) atoms. The maximum absolute atomic E-state index is 12.2. The van der Waals surface area contributed by atoms with Crippen LogP contribution in [0.4, 0.5) is 0 Å². The van der Waals surface area contributed by atoms with Gasteiger partial charge >= 0.3 is 11.9 Å². The van der Waals surface area contributed by atoms with E-state index in [1.54, 1.807) is 0 Å². The molecule has 0 bridgehead atoms. The highest BCUT2D eigenvalue weighted by molar-refractivity contribution is 5.89. The minimum absolute atomic E-state index is 0.147. The summed E-state index contributed by atoms with van der Waals surface area (Å²) in [7, 11) is 0. The van der Waals surface area contributed by atoms with Crippen LogP contribution >= 0.6 is 0 Å². The molecule has 0 aliphatic rings. The first-order valence-corrected chi connectivity index (χ1v) is 7.99. The molecule has 0 aromatic rings. The predicted octanol–water partition coefficient (Wildman–Crippen LogP) is -0.0840. The Morgan fingerprint density at radius 1 is 1.04 bits per heavy atom. The molecule has 2 atom stereocenters. The Morgan fingerprint density at radius 3 is 2.12 bits per heavy atom. The third-order valence-corrected chi connectivity index (χ3v) is 3.65. The van der Waals surface area contributed by atoms with E-state index in [0.29, 0.717) is 6.42 Å². The Morgan fingerprint density at radius 2 is 1.67 bits per heavy atom. The van der Waals surface area contributed by atoms with Gasteiger partial charge in [0.15, 0.2) is 0 Å². The smallest absolute Gasteiger partial charge is 0.323 e. The van der Waals surface area contributed by atoms with Crippen LogP contribution in [0, 0.1) is 0 Å². The Kier molecular flexibility index (Phi) is 10.4. The first-order valence-electron chi connectivity index (χ1n) is 7.99. The van der Waals surface area contributed by atoms with Crippen LogP contribution in [0.15, 0.2) is 0 Å². The molecule has 0 rings (SSSR count). The van der Waals surface area contributed by atoms with E-state index in [-0.39, 0.29) is 19.3 Å². The largest absolute Gasteiger partial charge is 0.480 e. The van der Waals surface area contributed by atoms with Crippen molar-refractivity contribution in [3.8, 4) is 0 Å². The van der Waals surface area contributed by atoms with Crippen molar-refractivity contribution in [2.45, 2.75) is 64.0 Å². The Hall–Kier alpha value is -2.16. The molecule has 9 nitrogen and oxygen atoms in total. The Bertz CT molecular complexity index is 454. The maximum atomic E-state index is 12.2. The molecular weight excluding hydrogens is 318 g/mol. The second kappa shape index (κ2) is 11.4. The molecule has 0 saturated heterocycles. The third kappa shape index (κ3) is 8.47. The van der Waals surface area contributed by atoms with Gasteiger partial charge in [-0.1, -0.05) is 32.6 Å². The van der Waals surface area contributed by atoms with Crippen LogP contribution in [-0.4, -0.2) is 57.5 Å². The lowest BCUT2D eigenvalue weighted by Crippen LogP contribution is -2.50. The van der Waals surface area contributed by atoms with E-state index in [1.807, 2.05) is 6.92 Å². The fourth-order valence-corrected chi connectivity index (χ4v) is 2.28. The van der Waals surface area contributed by atoms with Gasteiger partial charge in [0, 0.05) is 6.42 Å². The molecule has 0 aromatic carbocycles. The van der Waals surface area contributed by atoms with Gasteiger partial charge in [0.2, 0.25) is 11.8 Å². The van der Waals surface area contributed by atoms with Crippen molar-refractivity contribution in [1.82, 2.24) is 4.90 Å². The number of primary amides is 1. The van der Waals surface area contributed by atoms with Crippen LogP contribution in [0.25, 0.3) is 0 Å². The number of aliphatic carboxylic acids is 2. The number of nitrogens with two attached hydrogens (primary N) is 2. The van der Waals surface area contributed by atoms with Crippen LogP contribution in [0.3, 0.4) is 0 Å². The Labute approximate surface area is 141 Å². The zero-order valence-corrected chi connectivity index (χ0v) is 13.9. The highest BCUT2D eigenvalue weighted by Crippen LogP contribution is 2.13. The van der Waals surface area contributed by atoms with Gasteiger partial charge in [0.25, 0.3) is 0 Å². The number of nitrogens with zero attached hydrogens (tertiary/aromatic N) is 1. The number of unbranched alkanes of at least 4 members (excludes halogenated alkanes) is 3. The van der Waals surface area contributed by atoms with Gasteiger partial charge in [-0.05, 0) is 12.8 Å². The lowest BCUT2D eigenvalue weighted by atomic mass is 10.0. The molecule has 0 saturated carbocycles. The molecule has 2 amide bonds. The quantitative estimate of drug-likeness (QED) is 0.339. The lowest BCUT2D eigenvalue weighted by molar-refractivity contribution is -0.149. The molecule has 0 aromatic heterocycles. The monoisotopic (exact) mass is 345 g/mol. The minimum Gasteiger partial charge on any atom is -0.480 e. The summed E-state index contributed by atoms with van der Waals surface area (Å²) >= 11 is 0. The van der Waals surface area contributed by atoms with E-state index >= 15 is 0 Å². The molecule has 0 spiro atoms. The summed E-state index contributed by atoms with van der Waals surface area (Å²) in [6.07, 6.45) is 3.31. The second-order valence-electron chi connectivity index (χ2n) is 5.67. The highest BCUT2D eigenvalue weighted by Gasteiger charge is 2.30. The maximum Gasteiger partial charge on any atom is 0.323 e. The molecule has 0 fully saturated rings. The van der Waals surface area contributed by atoms with Crippen LogP contribution < -0.4 is 11.5 Å². The average molecular weight is 345 g/mol. The second-order valence-corrected chi connectivity index (χ2v) is 5.67. The van der Waals surface area contributed by atoms with Crippen LogP contribution in [0.1, 0.15) is 51.9 Å². The lowest BCUT2D eigenvalue weighted by Gasteiger charge is -2.28. The summed E-state index contributed by atoms with van der Waals surface area (Å²) in [6.45, 7) is 1.36. The van der Waals surface area contributed by atoms with E-state index in [0.717, 1.165) is 24.2 Å². The standard InChI is InChI=1S/C15H27N3O6/c1-2-3-4-5-6-11(14(17)22)18(9-13(20)21)12(19)8-7-10(16)15(23)24/h10-11H,2-9,16H2,1H3,(H2,17,22)(H,20,21)(H,23,24)/t10-,11?/m0/s1. The number of hydrogen-bond donors (Lipinski definition) is 4. The van der Waals surface area contributed by atoms with Crippen LogP contribution in [0.5, 0.6) is 0 Å². The summed E-state index contributed by atoms with van der Waals surface area (Å²) in [4.78, 5) is 46.5. The minimum atomic E-state index is -1.27. The summed E-state index contributed by atoms with van der Waals surface area (Å²) in [5.41, 5.74) is 10.7. The van der Waals surface area contributed by atoms with Crippen molar-refractivity contribution in [1.29, 1.82) is 0 Å². The number of hydrogen-bond acceptors (Lipinski definition) is 5. The van der Waals surface area contributed by atoms with Crippen molar-refractivity contribution in [2.75, 3.05) is 6.54 Å². The van der Waals surface area contributed by atoms with Gasteiger partial charge in [0.05, 0.1) is 0 Å². The van der Waals surface area contributed by atoms with Crippen LogP contribution in [0.2, 0.25) is 0 Å². The summed E-state index contributed by atoms with van der Waals surface area (Å²) < 4.78 is 0. The fourth-order valence-electron chi connectivity index (χ4n) is 2.28. The van der Waals surface area contributed by atoms with Crippen molar-refractivity contribution in [3.63, 3.8) is 0 Å². The van der Waals surface area contributed by atoms with Gasteiger partial charge in [-0.15, -0.1) is 0 Å². The number of amides is 2. The van der Waals surface area contributed by atoms with Gasteiger partial charge in [0.1, 0.15) is 18.6 Å². The van der Waals surface area contributed by atoms with E-state index in [9.17, 15) is 19.2 Å². The topological polar surface area (TPSA) is 164 Å². The Balaban J connectivity index is 4.94. The predicted molar refractivity (Wildman–Crippen MR) is 85.9 cm³/mol. The molecule has 0 aliphatic carbocycles. The third-order valence-electron chi connectivity index (χ3n) is 3.65.